The van der Waals surface area contributed by atoms with Crippen molar-refractivity contribution in [2.45, 2.75) is 64.5 Å². The number of thiazole rings is 1. The second-order valence-electron chi connectivity index (χ2n) is 8.27. The molecule has 0 saturated carbocycles. The van der Waals surface area contributed by atoms with Crippen LogP contribution in [-0.2, 0) is 20.7 Å². The molecule has 0 aliphatic carbocycles. The maximum absolute atomic E-state index is 13.4. The van der Waals surface area contributed by atoms with Gasteiger partial charge in [0.25, 0.3) is 0 Å². The van der Waals surface area contributed by atoms with Crippen LogP contribution in [0.4, 0.5) is 0 Å². The van der Waals surface area contributed by atoms with Gasteiger partial charge in [0, 0.05) is 25.5 Å². The molecule has 1 aromatic heterocycles. The average molecular weight is 453 g/mol. The van der Waals surface area contributed by atoms with Crippen molar-refractivity contribution < 1.29 is 19.1 Å². The Bertz CT molecular complexity index is 726. The van der Waals surface area contributed by atoms with Gasteiger partial charge in [0.2, 0.25) is 11.8 Å². The van der Waals surface area contributed by atoms with Crippen molar-refractivity contribution in [1.82, 2.24) is 20.1 Å². The van der Waals surface area contributed by atoms with Crippen LogP contribution in [0.5, 0.6) is 0 Å². The highest BCUT2D eigenvalue weighted by Crippen LogP contribution is 2.18. The van der Waals surface area contributed by atoms with Gasteiger partial charge < -0.3 is 15.0 Å². The molecule has 0 aromatic carbocycles. The van der Waals surface area contributed by atoms with E-state index in [2.05, 4.69) is 15.2 Å². The Hall–Kier alpha value is -1.84. The molecule has 0 spiro atoms. The van der Waals surface area contributed by atoms with E-state index in [4.69, 9.17) is 4.74 Å². The summed E-state index contributed by atoms with van der Waals surface area (Å²) in [4.78, 5) is 45.1. The number of piperidine rings is 1. The van der Waals surface area contributed by atoms with Crippen LogP contribution >= 0.6 is 11.3 Å². The Morgan fingerprint density at radius 2 is 2.23 bits per heavy atom. The Kier molecular flexibility index (Phi) is 10.6. The summed E-state index contributed by atoms with van der Waals surface area (Å²) in [5.41, 5.74) is 0.442. The van der Waals surface area contributed by atoms with E-state index in [1.807, 2.05) is 20.9 Å². The minimum Gasteiger partial charge on any atom is -0.364 e. The highest BCUT2D eigenvalue weighted by molar-refractivity contribution is 7.09. The summed E-state index contributed by atoms with van der Waals surface area (Å²) in [5.74, 6) is -0.169. The van der Waals surface area contributed by atoms with Crippen LogP contribution in [0.15, 0.2) is 5.38 Å². The Labute approximate surface area is 189 Å². The molecule has 174 valence electrons. The van der Waals surface area contributed by atoms with Crippen molar-refractivity contribution in [3.05, 3.63) is 16.1 Å². The Balaban J connectivity index is 2.02. The highest BCUT2D eigenvalue weighted by atomic mass is 32.1. The summed E-state index contributed by atoms with van der Waals surface area (Å²) in [6, 6.07) is -0.759. The van der Waals surface area contributed by atoms with Gasteiger partial charge in [-0.1, -0.05) is 26.7 Å². The highest BCUT2D eigenvalue weighted by Gasteiger charge is 2.33. The van der Waals surface area contributed by atoms with Crippen molar-refractivity contribution in [3.8, 4) is 0 Å². The van der Waals surface area contributed by atoms with Gasteiger partial charge in [0.05, 0.1) is 11.0 Å². The van der Waals surface area contributed by atoms with E-state index in [0.29, 0.717) is 25.1 Å². The molecule has 1 fully saturated rings. The van der Waals surface area contributed by atoms with E-state index in [9.17, 15) is 14.4 Å². The lowest BCUT2D eigenvalue weighted by atomic mass is 9.96. The molecule has 1 aliphatic heterocycles. The predicted molar refractivity (Wildman–Crippen MR) is 121 cm³/mol. The largest absolute Gasteiger partial charge is 0.364 e. The zero-order chi connectivity index (χ0) is 22.8. The molecule has 2 rings (SSSR count). The number of hydrogen-bond acceptors (Lipinski definition) is 7. The van der Waals surface area contributed by atoms with E-state index in [-0.39, 0.29) is 30.5 Å². The lowest BCUT2D eigenvalue weighted by Gasteiger charge is -2.35. The number of likely N-dealkylation sites (tertiary alicyclic amines) is 1. The third kappa shape index (κ3) is 7.36. The molecule has 1 N–H and O–H groups in total. The molecule has 0 radical (unpaired) electrons. The van der Waals surface area contributed by atoms with E-state index < -0.39 is 6.04 Å². The molecule has 0 bridgehead atoms. The molecule has 3 unspecified atom stereocenters. The summed E-state index contributed by atoms with van der Waals surface area (Å²) in [5, 5.41) is 5.66. The minimum atomic E-state index is -0.579. The summed E-state index contributed by atoms with van der Waals surface area (Å²) in [6.45, 7) is 5.59. The number of carbonyl (C=O) groups is 3. The lowest BCUT2D eigenvalue weighted by molar-refractivity contribution is -0.143. The monoisotopic (exact) mass is 452 g/mol. The van der Waals surface area contributed by atoms with Crippen LogP contribution in [-0.4, -0.2) is 78.9 Å². The number of nitrogens with zero attached hydrogens (tertiary/aromatic N) is 3. The molecule has 3 atom stereocenters. The Morgan fingerprint density at radius 1 is 1.45 bits per heavy atom. The molecular weight excluding hydrogens is 416 g/mol. The van der Waals surface area contributed by atoms with Crippen LogP contribution in [0.25, 0.3) is 0 Å². The van der Waals surface area contributed by atoms with Gasteiger partial charge in [-0.2, -0.15) is 0 Å². The number of methoxy groups -OCH3 is 1. The molecular formula is C22H36N4O4S. The molecule has 2 amide bonds. The molecule has 1 saturated heterocycles. The van der Waals surface area contributed by atoms with Gasteiger partial charge in [0.15, 0.2) is 6.29 Å². The number of aromatic nitrogens is 1. The second-order valence-corrected chi connectivity index (χ2v) is 9.21. The zero-order valence-electron chi connectivity index (χ0n) is 19.1. The second kappa shape index (κ2) is 12.9. The molecule has 1 aromatic rings. The smallest absolute Gasteiger partial charge is 0.247 e. The predicted octanol–water partition coefficient (Wildman–Crippen LogP) is 2.34. The van der Waals surface area contributed by atoms with Gasteiger partial charge >= 0.3 is 0 Å². The van der Waals surface area contributed by atoms with Crippen molar-refractivity contribution >= 4 is 29.4 Å². The summed E-state index contributed by atoms with van der Waals surface area (Å²) >= 11 is 1.45. The number of nitrogens with one attached hydrogen (secondary N) is 1. The number of hydrogen-bond donors (Lipinski definition) is 1. The molecule has 31 heavy (non-hydrogen) atoms. The summed E-state index contributed by atoms with van der Waals surface area (Å²) in [6.07, 6.45) is 5.86. The van der Waals surface area contributed by atoms with Gasteiger partial charge in [-0.25, -0.2) is 4.98 Å². The van der Waals surface area contributed by atoms with Gasteiger partial charge in [0.1, 0.15) is 18.5 Å². The first-order chi connectivity index (χ1) is 14.9. The number of carbonyl (C=O) groups excluding carboxylic acids is 3. The van der Waals surface area contributed by atoms with Crippen molar-refractivity contribution in [2.75, 3.05) is 34.0 Å². The van der Waals surface area contributed by atoms with E-state index >= 15 is 0 Å². The van der Waals surface area contributed by atoms with Crippen LogP contribution < -0.4 is 5.32 Å². The fourth-order valence-corrected chi connectivity index (χ4v) is 4.63. The van der Waals surface area contributed by atoms with Crippen LogP contribution in [0.2, 0.25) is 0 Å². The number of ether oxygens (including phenoxy) is 1. The van der Waals surface area contributed by atoms with Gasteiger partial charge in [-0.15, -0.1) is 11.3 Å². The minimum absolute atomic E-state index is 0.0128. The quantitative estimate of drug-likeness (QED) is 0.387. The van der Waals surface area contributed by atoms with E-state index in [1.165, 1.54) is 11.3 Å². The number of likely N-dealkylation sites (N-methyl/N-ethyl adjacent to an activating group) is 1. The first-order valence-electron chi connectivity index (χ1n) is 11.1. The number of rotatable bonds is 12. The fourth-order valence-electron chi connectivity index (χ4n) is 3.85. The lowest BCUT2D eigenvalue weighted by Crippen LogP contribution is -2.57. The Morgan fingerprint density at radius 3 is 2.84 bits per heavy atom. The van der Waals surface area contributed by atoms with Crippen LogP contribution in [0.1, 0.15) is 61.4 Å². The molecule has 8 nitrogen and oxygen atoms in total. The maximum Gasteiger partial charge on any atom is 0.247 e. The van der Waals surface area contributed by atoms with E-state index in [0.717, 1.165) is 43.5 Å². The molecule has 9 heteroatoms. The van der Waals surface area contributed by atoms with Crippen molar-refractivity contribution in [1.29, 1.82) is 0 Å². The topological polar surface area (TPSA) is 91.8 Å². The van der Waals surface area contributed by atoms with Gasteiger partial charge in [-0.3, -0.25) is 19.3 Å². The number of aryl methyl sites for hydroxylation is 1. The average Bonchev–Trinajstić information content (AvgIpc) is 3.24. The van der Waals surface area contributed by atoms with Crippen molar-refractivity contribution in [3.63, 3.8) is 0 Å². The SMILES string of the molecule is CCC(C)C(NC(=O)C1CCCCN1C)C(=O)N(CCCc1nc(C=O)cs1)COC. The number of amides is 2. The molecule has 1 aliphatic rings. The maximum atomic E-state index is 13.4. The molecule has 2 heterocycles. The third-order valence-corrected chi connectivity index (χ3v) is 6.88. The standard InChI is InChI=1S/C22H36N4O4S/c1-5-16(2)20(24-21(28)18-9-6-7-11-25(18)3)22(29)26(15-30-4)12-8-10-19-23-17(13-27)14-31-19/h13-14,16,18,20H,5-12,15H2,1-4H3,(H,24,28). The first-order valence-corrected chi connectivity index (χ1v) is 12.0. The summed E-state index contributed by atoms with van der Waals surface area (Å²) < 4.78 is 5.28. The zero-order valence-corrected chi connectivity index (χ0v) is 20.0. The number of aldehydes is 1. The van der Waals surface area contributed by atoms with Crippen LogP contribution in [0.3, 0.4) is 0 Å². The fraction of sp³-hybridized carbons (Fsp3) is 0.727. The summed E-state index contributed by atoms with van der Waals surface area (Å²) in [7, 11) is 3.53. The van der Waals surface area contributed by atoms with Crippen LogP contribution in [0, 0.1) is 5.92 Å². The van der Waals surface area contributed by atoms with Gasteiger partial charge in [-0.05, 0) is 38.8 Å². The first kappa shape index (κ1) is 25.4. The normalized spacial score (nSPS) is 18.9. The van der Waals surface area contributed by atoms with E-state index in [1.54, 1.807) is 17.4 Å². The van der Waals surface area contributed by atoms with Crippen molar-refractivity contribution in [2.24, 2.45) is 5.92 Å². The third-order valence-electron chi connectivity index (χ3n) is 5.96.